The minimum Gasteiger partial charge on any atom is -0.544 e. The fourth-order valence-corrected chi connectivity index (χ4v) is 8.54. The molecule has 8 heteroatoms. The third-order valence-electron chi connectivity index (χ3n) is 12.9. The number of carboxylic acid groups (broad SMARTS) is 1. The maximum Gasteiger partial charge on any atom is 0.306 e. The van der Waals surface area contributed by atoms with Crippen molar-refractivity contribution in [3.63, 3.8) is 0 Å². The Morgan fingerprint density at radius 3 is 1.15 bits per heavy atom. The number of aliphatic carboxylic acids is 1. The average Bonchev–Trinajstić information content (AvgIpc) is 3.27. The van der Waals surface area contributed by atoms with Gasteiger partial charge in [0.15, 0.2) is 6.10 Å². The maximum absolute atomic E-state index is 12.8. The summed E-state index contributed by atoms with van der Waals surface area (Å²) in [6, 6.07) is -0.727. The van der Waals surface area contributed by atoms with E-state index in [2.05, 4.69) is 38.2 Å². The average molecular weight is 918 g/mol. The number of esters is 2. The second kappa shape index (κ2) is 48.3. The number of likely N-dealkylation sites (N-methyl/N-ethyl adjacent to an activating group) is 1. The van der Waals surface area contributed by atoms with Crippen LogP contribution in [0.3, 0.4) is 0 Å². The summed E-state index contributed by atoms with van der Waals surface area (Å²) in [5, 5.41) is 11.7. The van der Waals surface area contributed by atoms with Crippen LogP contribution in [-0.4, -0.2) is 75.5 Å². The highest BCUT2D eigenvalue weighted by molar-refractivity contribution is 5.70. The van der Waals surface area contributed by atoms with Crippen molar-refractivity contribution in [2.24, 2.45) is 0 Å². The van der Waals surface area contributed by atoms with E-state index in [-0.39, 0.29) is 42.7 Å². The van der Waals surface area contributed by atoms with E-state index in [4.69, 9.17) is 14.2 Å². The van der Waals surface area contributed by atoms with Gasteiger partial charge in [-0.25, -0.2) is 0 Å². The van der Waals surface area contributed by atoms with Crippen LogP contribution < -0.4 is 5.11 Å². The third kappa shape index (κ3) is 46.7. The molecule has 0 aromatic rings. The second-order valence-electron chi connectivity index (χ2n) is 20.2. The topological polar surface area (TPSA) is 102 Å². The lowest BCUT2D eigenvalue weighted by Crippen LogP contribution is -2.55. The van der Waals surface area contributed by atoms with Crippen LogP contribution in [0.25, 0.3) is 0 Å². The summed E-state index contributed by atoms with van der Waals surface area (Å²) < 4.78 is 17.3. The van der Waals surface area contributed by atoms with Crippen LogP contribution in [0.2, 0.25) is 0 Å². The zero-order valence-corrected chi connectivity index (χ0v) is 43.7. The SMILES string of the molecule is CCCCCCCCC/C=C/C=C/CCCCCCCC(=O)OC(COCCC(C(=O)[O-])[N+](C)(C)C)COC(=O)CCCCCCCCCCCCCCCCCCCCCCCCC. The molecule has 0 amide bonds. The van der Waals surface area contributed by atoms with Crippen LogP contribution in [-0.2, 0) is 28.6 Å². The van der Waals surface area contributed by atoms with Gasteiger partial charge in [-0.15, -0.1) is 0 Å². The molecule has 382 valence electrons. The first-order valence-electron chi connectivity index (χ1n) is 27.9. The first-order valence-corrected chi connectivity index (χ1v) is 27.9. The first kappa shape index (κ1) is 62.8. The molecule has 0 radical (unpaired) electrons. The molecule has 0 aliphatic carbocycles. The maximum atomic E-state index is 12.8. The number of nitrogens with zero attached hydrogens (tertiary/aromatic N) is 1. The van der Waals surface area contributed by atoms with Crippen molar-refractivity contribution in [3.8, 4) is 0 Å². The molecule has 0 fully saturated rings. The number of unbranched alkanes of at least 4 members (excludes halogenated alkanes) is 34. The van der Waals surface area contributed by atoms with Crippen molar-refractivity contribution in [1.29, 1.82) is 0 Å². The third-order valence-corrected chi connectivity index (χ3v) is 12.9. The van der Waals surface area contributed by atoms with Crippen molar-refractivity contribution >= 4 is 17.9 Å². The smallest absolute Gasteiger partial charge is 0.306 e. The van der Waals surface area contributed by atoms with E-state index in [1.54, 1.807) is 0 Å². The number of hydrogen-bond acceptors (Lipinski definition) is 7. The molecule has 0 aliphatic heterocycles. The van der Waals surface area contributed by atoms with Gasteiger partial charge in [0.1, 0.15) is 12.6 Å². The quantitative estimate of drug-likeness (QED) is 0.0259. The minimum atomic E-state index is -1.12. The van der Waals surface area contributed by atoms with Crippen LogP contribution >= 0.6 is 0 Å². The van der Waals surface area contributed by atoms with Crippen LogP contribution in [0.4, 0.5) is 0 Å². The summed E-state index contributed by atoms with van der Waals surface area (Å²) in [7, 11) is 5.42. The fourth-order valence-electron chi connectivity index (χ4n) is 8.54. The van der Waals surface area contributed by atoms with E-state index in [0.717, 1.165) is 57.8 Å². The second-order valence-corrected chi connectivity index (χ2v) is 20.2. The standard InChI is InChI=1S/C57H107NO7/c1-6-8-10-12-14-16-18-20-22-24-26-27-28-29-30-32-33-35-37-39-41-43-45-47-55(59)64-52-53(51-63-50-49-54(57(61)62)58(3,4)5)65-56(60)48-46-44-42-40-38-36-34-31-25-23-21-19-17-15-13-11-9-7-2/h23,25,31,34,53-54H,6-22,24,26-30,32-33,35-52H2,1-5H3/b25-23+,34-31+. The summed E-state index contributed by atoms with van der Waals surface area (Å²) in [5.74, 6) is -1.73. The summed E-state index contributed by atoms with van der Waals surface area (Å²) in [6.07, 6.45) is 56.5. The molecular formula is C57H107NO7. The Bertz CT molecular complexity index is 1120. The van der Waals surface area contributed by atoms with E-state index in [0.29, 0.717) is 12.8 Å². The number of carbonyl (C=O) groups is 3. The number of allylic oxidation sites excluding steroid dienone is 4. The van der Waals surface area contributed by atoms with Gasteiger partial charge in [0.05, 0.1) is 40.3 Å². The lowest BCUT2D eigenvalue weighted by atomic mass is 10.0. The fraction of sp³-hybridized carbons (Fsp3) is 0.877. The molecule has 0 aromatic carbocycles. The van der Waals surface area contributed by atoms with Gasteiger partial charge in [-0.1, -0.05) is 237 Å². The number of rotatable bonds is 51. The Kier molecular flexibility index (Phi) is 46.6. The van der Waals surface area contributed by atoms with Gasteiger partial charge in [0, 0.05) is 19.3 Å². The summed E-state index contributed by atoms with van der Waals surface area (Å²) in [5.41, 5.74) is 0. The number of ether oxygens (including phenoxy) is 3. The highest BCUT2D eigenvalue weighted by Crippen LogP contribution is 2.17. The van der Waals surface area contributed by atoms with Crippen molar-refractivity contribution in [2.75, 3.05) is 41.0 Å². The van der Waals surface area contributed by atoms with Gasteiger partial charge in [-0.2, -0.15) is 0 Å². The molecule has 2 unspecified atom stereocenters. The molecular weight excluding hydrogens is 811 g/mol. The molecule has 0 spiro atoms. The summed E-state index contributed by atoms with van der Waals surface area (Å²) >= 11 is 0. The number of carbonyl (C=O) groups excluding carboxylic acids is 3. The van der Waals surface area contributed by atoms with Crippen LogP contribution in [0.1, 0.15) is 271 Å². The van der Waals surface area contributed by atoms with Crippen molar-refractivity contribution < 1.29 is 38.2 Å². The number of carboxylic acids is 1. The lowest BCUT2D eigenvalue weighted by Gasteiger charge is -2.34. The molecule has 0 heterocycles. The summed E-state index contributed by atoms with van der Waals surface area (Å²) in [6.45, 7) is 4.69. The van der Waals surface area contributed by atoms with Gasteiger partial charge >= 0.3 is 11.9 Å². The lowest BCUT2D eigenvalue weighted by molar-refractivity contribution is -0.889. The molecule has 0 bridgehead atoms. The first-order chi connectivity index (χ1) is 31.6. The van der Waals surface area contributed by atoms with E-state index < -0.39 is 18.1 Å². The van der Waals surface area contributed by atoms with Crippen LogP contribution in [0, 0.1) is 0 Å². The Morgan fingerprint density at radius 2 is 0.800 bits per heavy atom. The molecule has 0 saturated heterocycles. The van der Waals surface area contributed by atoms with Gasteiger partial charge in [0.2, 0.25) is 0 Å². The molecule has 8 nitrogen and oxygen atoms in total. The van der Waals surface area contributed by atoms with Gasteiger partial charge in [-0.3, -0.25) is 9.59 Å². The molecule has 0 aliphatic rings. The Hall–Kier alpha value is -2.19. The Balaban J connectivity index is 4.16. The molecule has 0 saturated carbocycles. The largest absolute Gasteiger partial charge is 0.544 e. The highest BCUT2D eigenvalue weighted by atomic mass is 16.6. The summed E-state index contributed by atoms with van der Waals surface area (Å²) in [4.78, 5) is 37.1. The molecule has 2 atom stereocenters. The molecule has 0 N–H and O–H groups in total. The zero-order chi connectivity index (χ0) is 47.7. The minimum absolute atomic E-state index is 0.0389. The van der Waals surface area contributed by atoms with Crippen molar-refractivity contribution in [1.82, 2.24) is 0 Å². The van der Waals surface area contributed by atoms with E-state index in [9.17, 15) is 19.5 Å². The van der Waals surface area contributed by atoms with E-state index in [1.165, 1.54) is 180 Å². The van der Waals surface area contributed by atoms with Crippen molar-refractivity contribution in [2.45, 2.75) is 283 Å². The Morgan fingerprint density at radius 1 is 0.462 bits per heavy atom. The van der Waals surface area contributed by atoms with Crippen LogP contribution in [0.15, 0.2) is 24.3 Å². The van der Waals surface area contributed by atoms with Crippen LogP contribution in [0.5, 0.6) is 0 Å². The predicted octanol–water partition coefficient (Wildman–Crippen LogP) is 15.0. The van der Waals surface area contributed by atoms with E-state index >= 15 is 0 Å². The van der Waals surface area contributed by atoms with Crippen molar-refractivity contribution in [3.05, 3.63) is 24.3 Å². The number of hydrogen-bond donors (Lipinski definition) is 0. The molecule has 0 aromatic heterocycles. The van der Waals surface area contributed by atoms with Gasteiger partial charge in [-0.05, 0) is 38.5 Å². The van der Waals surface area contributed by atoms with Gasteiger partial charge < -0.3 is 28.6 Å². The normalized spacial score (nSPS) is 12.9. The monoisotopic (exact) mass is 918 g/mol. The number of quaternary nitrogens is 1. The molecule has 65 heavy (non-hydrogen) atoms. The molecule has 0 rings (SSSR count). The highest BCUT2D eigenvalue weighted by Gasteiger charge is 2.25. The van der Waals surface area contributed by atoms with Gasteiger partial charge in [0.25, 0.3) is 0 Å². The van der Waals surface area contributed by atoms with E-state index in [1.807, 2.05) is 21.1 Å². The predicted molar refractivity (Wildman–Crippen MR) is 273 cm³/mol. The Labute approximate surface area is 402 Å². The zero-order valence-electron chi connectivity index (χ0n) is 43.7.